The average molecular weight is 257 g/mol. The summed E-state index contributed by atoms with van der Waals surface area (Å²) in [5, 5.41) is 0. The van der Waals surface area contributed by atoms with Crippen LogP contribution in [0.25, 0.3) is 11.3 Å². The third-order valence-electron chi connectivity index (χ3n) is 3.02. The second-order valence-electron chi connectivity index (χ2n) is 4.38. The van der Waals surface area contributed by atoms with Crippen molar-refractivity contribution in [1.29, 1.82) is 0 Å². The summed E-state index contributed by atoms with van der Waals surface area (Å²) < 4.78 is 10.2. The minimum absolute atomic E-state index is 0.792. The number of rotatable bonds is 6. The lowest BCUT2D eigenvalue weighted by molar-refractivity contribution is 0.195. The standard InChI is InChI=1S/C16H19NO2/c1-18-11-3-4-13-5-10-16(17-12-13)14-6-8-15(19-2)9-7-14/h5-10,12H,3-4,11H2,1-2H3. The topological polar surface area (TPSA) is 31.4 Å². The van der Waals surface area contributed by atoms with Gasteiger partial charge in [0.2, 0.25) is 0 Å². The highest BCUT2D eigenvalue weighted by molar-refractivity contribution is 5.60. The van der Waals surface area contributed by atoms with Gasteiger partial charge in [0.05, 0.1) is 12.8 Å². The summed E-state index contributed by atoms with van der Waals surface area (Å²) in [6.45, 7) is 0.792. The van der Waals surface area contributed by atoms with Crippen LogP contribution in [0.4, 0.5) is 0 Å². The number of ether oxygens (including phenoxy) is 2. The molecule has 1 aromatic carbocycles. The van der Waals surface area contributed by atoms with E-state index in [1.165, 1.54) is 5.56 Å². The lowest BCUT2D eigenvalue weighted by atomic mass is 10.1. The van der Waals surface area contributed by atoms with Crippen molar-refractivity contribution in [3.63, 3.8) is 0 Å². The van der Waals surface area contributed by atoms with Crippen molar-refractivity contribution in [2.24, 2.45) is 0 Å². The molecule has 0 atom stereocenters. The Balaban J connectivity index is 2.04. The number of hydrogen-bond acceptors (Lipinski definition) is 3. The molecule has 0 aliphatic carbocycles. The Morgan fingerprint density at radius 3 is 2.37 bits per heavy atom. The first-order valence-electron chi connectivity index (χ1n) is 6.42. The summed E-state index contributed by atoms with van der Waals surface area (Å²) in [4.78, 5) is 4.50. The molecule has 0 unspecified atom stereocenters. The molecule has 0 saturated carbocycles. The molecule has 19 heavy (non-hydrogen) atoms. The van der Waals surface area contributed by atoms with Crippen LogP contribution in [0.1, 0.15) is 12.0 Å². The Labute approximate surface area is 114 Å². The SMILES string of the molecule is COCCCc1ccc(-c2ccc(OC)cc2)nc1. The monoisotopic (exact) mass is 257 g/mol. The van der Waals surface area contributed by atoms with E-state index in [0.29, 0.717) is 0 Å². The molecule has 3 nitrogen and oxygen atoms in total. The van der Waals surface area contributed by atoms with Gasteiger partial charge in [0.25, 0.3) is 0 Å². The van der Waals surface area contributed by atoms with Crippen molar-refractivity contribution in [2.45, 2.75) is 12.8 Å². The van der Waals surface area contributed by atoms with Gasteiger partial charge >= 0.3 is 0 Å². The van der Waals surface area contributed by atoms with Crippen molar-refractivity contribution < 1.29 is 9.47 Å². The third-order valence-corrected chi connectivity index (χ3v) is 3.02. The normalized spacial score (nSPS) is 10.4. The molecule has 2 rings (SSSR count). The molecule has 0 aliphatic rings. The van der Waals surface area contributed by atoms with Crippen LogP contribution in [0.15, 0.2) is 42.6 Å². The molecule has 0 saturated heterocycles. The molecule has 1 heterocycles. The summed E-state index contributed by atoms with van der Waals surface area (Å²) in [5.74, 6) is 0.861. The van der Waals surface area contributed by atoms with E-state index < -0.39 is 0 Å². The quantitative estimate of drug-likeness (QED) is 0.744. The zero-order chi connectivity index (χ0) is 13.5. The number of aromatic nitrogens is 1. The molecular formula is C16H19NO2. The van der Waals surface area contributed by atoms with Crippen LogP contribution in [0.3, 0.4) is 0 Å². The predicted octanol–water partition coefficient (Wildman–Crippen LogP) is 3.34. The fraction of sp³-hybridized carbons (Fsp3) is 0.312. The van der Waals surface area contributed by atoms with Crippen LogP contribution in [0, 0.1) is 0 Å². The van der Waals surface area contributed by atoms with Gasteiger partial charge in [-0.1, -0.05) is 6.07 Å². The summed E-state index contributed by atoms with van der Waals surface area (Å²) in [6, 6.07) is 12.1. The van der Waals surface area contributed by atoms with E-state index in [1.54, 1.807) is 14.2 Å². The molecule has 0 fully saturated rings. The minimum Gasteiger partial charge on any atom is -0.497 e. The first kappa shape index (κ1) is 13.6. The number of hydrogen-bond donors (Lipinski definition) is 0. The molecule has 1 aromatic heterocycles. The van der Waals surface area contributed by atoms with E-state index in [1.807, 2.05) is 30.5 Å². The van der Waals surface area contributed by atoms with Crippen LogP contribution < -0.4 is 4.74 Å². The van der Waals surface area contributed by atoms with E-state index in [2.05, 4.69) is 17.1 Å². The Hall–Kier alpha value is -1.87. The third kappa shape index (κ3) is 3.80. The molecule has 0 aliphatic heterocycles. The van der Waals surface area contributed by atoms with E-state index in [9.17, 15) is 0 Å². The number of methoxy groups -OCH3 is 2. The zero-order valence-corrected chi connectivity index (χ0v) is 11.4. The van der Waals surface area contributed by atoms with Gasteiger partial charge in [0.1, 0.15) is 5.75 Å². The van der Waals surface area contributed by atoms with Crippen molar-refractivity contribution in [3.8, 4) is 17.0 Å². The van der Waals surface area contributed by atoms with Crippen molar-refractivity contribution >= 4 is 0 Å². The van der Waals surface area contributed by atoms with Gasteiger partial charge in [0.15, 0.2) is 0 Å². The molecule has 100 valence electrons. The largest absolute Gasteiger partial charge is 0.497 e. The first-order valence-corrected chi connectivity index (χ1v) is 6.42. The highest BCUT2D eigenvalue weighted by atomic mass is 16.5. The van der Waals surface area contributed by atoms with E-state index in [0.717, 1.165) is 36.5 Å². The molecule has 0 bridgehead atoms. The van der Waals surface area contributed by atoms with E-state index in [4.69, 9.17) is 9.47 Å². The van der Waals surface area contributed by atoms with Gasteiger partial charge in [-0.15, -0.1) is 0 Å². The summed E-state index contributed by atoms with van der Waals surface area (Å²) in [6.07, 6.45) is 3.97. The molecular weight excluding hydrogens is 238 g/mol. The Bertz CT molecular complexity index is 491. The van der Waals surface area contributed by atoms with Crippen LogP contribution in [-0.2, 0) is 11.2 Å². The second kappa shape index (κ2) is 6.90. The number of nitrogens with zero attached hydrogens (tertiary/aromatic N) is 1. The zero-order valence-electron chi connectivity index (χ0n) is 11.4. The molecule has 2 aromatic rings. The van der Waals surface area contributed by atoms with Crippen molar-refractivity contribution in [1.82, 2.24) is 4.98 Å². The summed E-state index contributed by atoms with van der Waals surface area (Å²) in [7, 11) is 3.40. The van der Waals surface area contributed by atoms with Crippen molar-refractivity contribution in [3.05, 3.63) is 48.2 Å². The highest BCUT2D eigenvalue weighted by Crippen LogP contribution is 2.20. The van der Waals surface area contributed by atoms with Crippen molar-refractivity contribution in [2.75, 3.05) is 20.8 Å². The smallest absolute Gasteiger partial charge is 0.118 e. The van der Waals surface area contributed by atoms with Crippen LogP contribution >= 0.6 is 0 Å². The van der Waals surface area contributed by atoms with E-state index >= 15 is 0 Å². The molecule has 0 radical (unpaired) electrons. The van der Waals surface area contributed by atoms with Gasteiger partial charge in [-0.05, 0) is 48.7 Å². The maximum Gasteiger partial charge on any atom is 0.118 e. The van der Waals surface area contributed by atoms with Crippen LogP contribution in [-0.4, -0.2) is 25.8 Å². The van der Waals surface area contributed by atoms with E-state index in [-0.39, 0.29) is 0 Å². The van der Waals surface area contributed by atoms with Gasteiger partial charge in [0, 0.05) is 25.5 Å². The molecule has 0 N–H and O–H groups in total. The van der Waals surface area contributed by atoms with Gasteiger partial charge in [-0.3, -0.25) is 4.98 Å². The summed E-state index contributed by atoms with van der Waals surface area (Å²) in [5.41, 5.74) is 3.33. The maximum atomic E-state index is 5.15. The highest BCUT2D eigenvalue weighted by Gasteiger charge is 2.00. The number of aryl methyl sites for hydroxylation is 1. The van der Waals surface area contributed by atoms with Gasteiger partial charge < -0.3 is 9.47 Å². The molecule has 0 spiro atoms. The fourth-order valence-electron chi connectivity index (χ4n) is 1.93. The average Bonchev–Trinajstić information content (AvgIpc) is 2.48. The molecule has 0 amide bonds. The maximum absolute atomic E-state index is 5.15. The number of benzene rings is 1. The fourth-order valence-corrected chi connectivity index (χ4v) is 1.93. The second-order valence-corrected chi connectivity index (χ2v) is 4.38. The Morgan fingerprint density at radius 1 is 1.00 bits per heavy atom. The Kier molecular flexibility index (Phi) is 4.93. The lowest BCUT2D eigenvalue weighted by Crippen LogP contribution is -1.94. The Morgan fingerprint density at radius 2 is 1.79 bits per heavy atom. The van der Waals surface area contributed by atoms with Crippen LogP contribution in [0.5, 0.6) is 5.75 Å². The molecule has 3 heteroatoms. The van der Waals surface area contributed by atoms with Crippen LogP contribution in [0.2, 0.25) is 0 Å². The van der Waals surface area contributed by atoms with Gasteiger partial charge in [-0.25, -0.2) is 0 Å². The first-order chi connectivity index (χ1) is 9.33. The summed E-state index contributed by atoms with van der Waals surface area (Å²) >= 11 is 0. The lowest BCUT2D eigenvalue weighted by Gasteiger charge is -2.05. The number of pyridine rings is 1. The predicted molar refractivity (Wildman–Crippen MR) is 76.4 cm³/mol. The van der Waals surface area contributed by atoms with Gasteiger partial charge in [-0.2, -0.15) is 0 Å². The minimum atomic E-state index is 0.792.